The van der Waals surface area contributed by atoms with E-state index in [0.29, 0.717) is 0 Å². The van der Waals surface area contributed by atoms with Crippen molar-refractivity contribution in [3.05, 3.63) is 17.4 Å². The lowest BCUT2D eigenvalue weighted by atomic mass is 9.99. The molecule has 0 amide bonds. The summed E-state index contributed by atoms with van der Waals surface area (Å²) in [6.45, 7) is 1.37. The van der Waals surface area contributed by atoms with Crippen molar-refractivity contribution in [3.63, 3.8) is 0 Å². The molecule has 3 N–H and O–H groups in total. The van der Waals surface area contributed by atoms with E-state index in [1.807, 2.05) is 0 Å². The van der Waals surface area contributed by atoms with Crippen molar-refractivity contribution in [1.29, 1.82) is 0 Å². The summed E-state index contributed by atoms with van der Waals surface area (Å²) >= 11 is 0. The second kappa shape index (κ2) is 4.90. The van der Waals surface area contributed by atoms with Gasteiger partial charge in [-0.25, -0.2) is 4.39 Å². The summed E-state index contributed by atoms with van der Waals surface area (Å²) in [5.41, 5.74) is -0.267. The summed E-state index contributed by atoms with van der Waals surface area (Å²) in [6, 6.07) is 0.930. The first-order valence-electron chi connectivity index (χ1n) is 4.88. The summed E-state index contributed by atoms with van der Waals surface area (Å²) < 4.78 is 18.4. The van der Waals surface area contributed by atoms with Crippen molar-refractivity contribution in [2.24, 2.45) is 5.92 Å². The quantitative estimate of drug-likeness (QED) is 0.699. The molecule has 17 heavy (non-hydrogen) atoms. The van der Waals surface area contributed by atoms with Crippen LogP contribution in [0, 0.1) is 11.7 Å². The summed E-state index contributed by atoms with van der Waals surface area (Å²) in [6.07, 6.45) is -0.238. The number of halogens is 1. The number of phenolic OH excluding ortho intramolecular Hbond substituents is 2. The van der Waals surface area contributed by atoms with Gasteiger partial charge in [-0.3, -0.25) is 4.79 Å². The molecule has 0 spiro atoms. The third-order valence-corrected chi connectivity index (χ3v) is 2.43. The fraction of sp³-hybridized carbons (Fsp3) is 0.364. The van der Waals surface area contributed by atoms with Crippen LogP contribution >= 0.6 is 0 Å². The van der Waals surface area contributed by atoms with Crippen LogP contribution in [0.3, 0.4) is 0 Å². The van der Waals surface area contributed by atoms with Crippen LogP contribution in [-0.4, -0.2) is 28.4 Å². The smallest absolute Gasteiger partial charge is 0.306 e. The Hall–Kier alpha value is -1.98. The molecule has 0 fully saturated rings. The van der Waals surface area contributed by atoms with Gasteiger partial charge < -0.3 is 20.1 Å². The lowest BCUT2D eigenvalue weighted by molar-refractivity contribution is -0.141. The Bertz CT molecular complexity index is 444. The molecule has 1 aromatic carbocycles. The molecule has 0 bridgehead atoms. The van der Waals surface area contributed by atoms with Crippen LogP contribution in [0.25, 0.3) is 0 Å². The summed E-state index contributed by atoms with van der Waals surface area (Å²) in [5.74, 6) is -4.32. The molecule has 0 saturated carbocycles. The Balaban J connectivity index is 3.22. The van der Waals surface area contributed by atoms with Gasteiger partial charge in [0.15, 0.2) is 23.1 Å². The lowest BCUT2D eigenvalue weighted by Crippen LogP contribution is -2.13. The maximum Gasteiger partial charge on any atom is 0.306 e. The van der Waals surface area contributed by atoms with E-state index in [1.54, 1.807) is 0 Å². The fourth-order valence-electron chi connectivity index (χ4n) is 1.39. The molecule has 0 aliphatic heterocycles. The number of phenols is 2. The fourth-order valence-corrected chi connectivity index (χ4v) is 1.39. The van der Waals surface area contributed by atoms with Crippen LogP contribution in [0.15, 0.2) is 6.07 Å². The van der Waals surface area contributed by atoms with Gasteiger partial charge in [0.25, 0.3) is 0 Å². The van der Waals surface area contributed by atoms with Gasteiger partial charge in [-0.15, -0.1) is 0 Å². The first-order valence-corrected chi connectivity index (χ1v) is 4.88. The van der Waals surface area contributed by atoms with Gasteiger partial charge in [0, 0.05) is 11.6 Å². The molecular formula is C11H13FO5. The van der Waals surface area contributed by atoms with Crippen LogP contribution in [0.2, 0.25) is 0 Å². The van der Waals surface area contributed by atoms with Crippen LogP contribution in [0.5, 0.6) is 17.2 Å². The molecule has 1 atom stereocenters. The van der Waals surface area contributed by atoms with Crippen LogP contribution in [0.1, 0.15) is 12.5 Å². The largest absolute Gasteiger partial charge is 0.504 e. The summed E-state index contributed by atoms with van der Waals surface area (Å²) in [4.78, 5) is 10.7. The molecule has 94 valence electrons. The Morgan fingerprint density at radius 3 is 2.59 bits per heavy atom. The number of hydrogen-bond acceptors (Lipinski definition) is 4. The molecule has 0 saturated heterocycles. The Morgan fingerprint density at radius 1 is 1.53 bits per heavy atom. The Labute approximate surface area is 97.1 Å². The molecular weight excluding hydrogens is 231 g/mol. The number of ether oxygens (including phenoxy) is 1. The van der Waals surface area contributed by atoms with Gasteiger partial charge in [-0.05, 0) is 6.42 Å². The van der Waals surface area contributed by atoms with Crippen molar-refractivity contribution in [1.82, 2.24) is 0 Å². The Kier molecular flexibility index (Phi) is 3.77. The van der Waals surface area contributed by atoms with Crippen molar-refractivity contribution >= 4 is 5.97 Å². The molecule has 0 aliphatic rings. The molecule has 1 unspecified atom stereocenters. The number of carboxylic acids is 1. The third kappa shape index (κ3) is 2.58. The monoisotopic (exact) mass is 244 g/mol. The minimum atomic E-state index is -1.12. The van der Waals surface area contributed by atoms with Gasteiger partial charge in [0.05, 0.1) is 13.0 Å². The van der Waals surface area contributed by atoms with Crippen molar-refractivity contribution in [2.45, 2.75) is 13.3 Å². The average molecular weight is 244 g/mol. The number of aromatic hydroxyl groups is 2. The van der Waals surface area contributed by atoms with E-state index in [2.05, 4.69) is 4.74 Å². The summed E-state index contributed by atoms with van der Waals surface area (Å²) in [5, 5.41) is 27.6. The van der Waals surface area contributed by atoms with Gasteiger partial charge in [-0.2, -0.15) is 0 Å². The van der Waals surface area contributed by atoms with Crippen molar-refractivity contribution < 1.29 is 29.2 Å². The maximum atomic E-state index is 13.7. The van der Waals surface area contributed by atoms with Gasteiger partial charge in [0.2, 0.25) is 0 Å². The molecule has 0 aromatic heterocycles. The molecule has 6 heteroatoms. The van der Waals surface area contributed by atoms with E-state index in [4.69, 9.17) is 5.11 Å². The molecule has 1 rings (SSSR count). The number of benzene rings is 1. The standard InChI is InChI=1S/C11H13FO5/c1-5(11(15)16)3-6-9(12)8(17-2)4-7(13)10(6)14/h4-5,13-14H,3H2,1-2H3,(H,15,16). The third-order valence-electron chi connectivity index (χ3n) is 2.43. The highest BCUT2D eigenvalue weighted by Crippen LogP contribution is 2.38. The van der Waals surface area contributed by atoms with Gasteiger partial charge in [0.1, 0.15) is 0 Å². The SMILES string of the molecule is COc1cc(O)c(O)c(CC(C)C(=O)O)c1F. The number of carbonyl (C=O) groups is 1. The normalized spacial score (nSPS) is 12.2. The maximum absolute atomic E-state index is 13.7. The van der Waals surface area contributed by atoms with E-state index in [0.717, 1.165) is 6.07 Å². The second-order valence-corrected chi connectivity index (χ2v) is 3.68. The molecule has 5 nitrogen and oxygen atoms in total. The molecule has 0 aliphatic carbocycles. The predicted octanol–water partition coefficient (Wildman–Crippen LogP) is 1.51. The number of carboxylic acid groups (broad SMARTS) is 1. The second-order valence-electron chi connectivity index (χ2n) is 3.68. The minimum absolute atomic E-state index is 0.238. The number of aliphatic carboxylic acids is 1. The average Bonchev–Trinajstić information content (AvgIpc) is 2.28. The van der Waals surface area contributed by atoms with Crippen LogP contribution in [-0.2, 0) is 11.2 Å². The van der Waals surface area contributed by atoms with E-state index in [1.165, 1.54) is 14.0 Å². The highest BCUT2D eigenvalue weighted by atomic mass is 19.1. The number of rotatable bonds is 4. The zero-order chi connectivity index (χ0) is 13.2. The van der Waals surface area contributed by atoms with Gasteiger partial charge >= 0.3 is 5.97 Å². The zero-order valence-electron chi connectivity index (χ0n) is 9.40. The molecule has 0 radical (unpaired) electrons. The highest BCUT2D eigenvalue weighted by Gasteiger charge is 2.22. The molecule has 0 heterocycles. The van der Waals surface area contributed by atoms with E-state index in [9.17, 15) is 19.4 Å². The van der Waals surface area contributed by atoms with E-state index >= 15 is 0 Å². The van der Waals surface area contributed by atoms with Crippen molar-refractivity contribution in [2.75, 3.05) is 7.11 Å². The minimum Gasteiger partial charge on any atom is -0.504 e. The number of hydrogen-bond donors (Lipinski definition) is 3. The zero-order valence-corrected chi connectivity index (χ0v) is 9.40. The first kappa shape index (κ1) is 13.1. The van der Waals surface area contributed by atoms with E-state index in [-0.39, 0.29) is 17.7 Å². The van der Waals surface area contributed by atoms with Crippen LogP contribution in [0.4, 0.5) is 4.39 Å². The van der Waals surface area contributed by atoms with Crippen LogP contribution < -0.4 is 4.74 Å². The topological polar surface area (TPSA) is 87.0 Å². The lowest BCUT2D eigenvalue weighted by Gasteiger charge is -2.13. The number of methoxy groups -OCH3 is 1. The highest BCUT2D eigenvalue weighted by molar-refractivity contribution is 5.70. The van der Waals surface area contributed by atoms with Crippen molar-refractivity contribution in [3.8, 4) is 17.2 Å². The molecule has 1 aromatic rings. The predicted molar refractivity (Wildman–Crippen MR) is 56.8 cm³/mol. The Morgan fingerprint density at radius 2 is 2.12 bits per heavy atom. The first-order chi connectivity index (χ1) is 7.88. The van der Waals surface area contributed by atoms with Gasteiger partial charge in [-0.1, -0.05) is 6.92 Å². The summed E-state index contributed by atoms with van der Waals surface area (Å²) in [7, 11) is 1.21. The van der Waals surface area contributed by atoms with E-state index < -0.39 is 29.2 Å².